The van der Waals surface area contributed by atoms with E-state index in [0.717, 1.165) is 0 Å². The fraction of sp³-hybridized carbons (Fsp3) is 0.800. The Morgan fingerprint density at radius 1 is 1.50 bits per heavy atom. The molecule has 1 heterocycles. The summed E-state index contributed by atoms with van der Waals surface area (Å²) in [6.45, 7) is 4.55. The lowest BCUT2D eigenvalue weighted by Crippen LogP contribution is -2.56. The first kappa shape index (κ1) is 13.4. The monoisotopic (exact) mass is 293 g/mol. The van der Waals surface area contributed by atoms with Crippen molar-refractivity contribution in [3.05, 3.63) is 0 Å². The second kappa shape index (κ2) is 5.14. The molecule has 92 valence electrons. The van der Waals surface area contributed by atoms with Gasteiger partial charge in [-0.1, -0.05) is 15.9 Å². The molecule has 1 saturated heterocycles. The van der Waals surface area contributed by atoms with Crippen molar-refractivity contribution in [3.8, 4) is 0 Å². The van der Waals surface area contributed by atoms with Crippen LogP contribution < -0.4 is 0 Å². The molecule has 1 atom stereocenters. The van der Waals surface area contributed by atoms with Crippen LogP contribution in [-0.2, 0) is 19.1 Å². The molecule has 0 N–H and O–H groups in total. The number of ether oxygens (including phenoxy) is 2. The van der Waals surface area contributed by atoms with Crippen LogP contribution in [0.4, 0.5) is 0 Å². The molecule has 0 bridgehead atoms. The quantitative estimate of drug-likeness (QED) is 0.551. The molecule has 1 rings (SSSR count). The molecule has 0 saturated carbocycles. The van der Waals surface area contributed by atoms with Crippen LogP contribution in [0.3, 0.4) is 0 Å². The molecule has 0 aromatic carbocycles. The van der Waals surface area contributed by atoms with E-state index < -0.39 is 16.3 Å². The highest BCUT2D eigenvalue weighted by molar-refractivity contribution is 9.10. The van der Waals surface area contributed by atoms with Gasteiger partial charge in [0.25, 0.3) is 0 Å². The van der Waals surface area contributed by atoms with E-state index in [1.807, 2.05) is 0 Å². The van der Waals surface area contributed by atoms with Crippen molar-refractivity contribution in [1.82, 2.24) is 4.90 Å². The average molecular weight is 294 g/mol. The third-order valence-corrected chi connectivity index (χ3v) is 2.71. The Morgan fingerprint density at radius 2 is 2.12 bits per heavy atom. The van der Waals surface area contributed by atoms with Gasteiger partial charge < -0.3 is 14.4 Å². The van der Waals surface area contributed by atoms with Crippen LogP contribution in [0.2, 0.25) is 0 Å². The minimum absolute atomic E-state index is 0.133. The van der Waals surface area contributed by atoms with Crippen molar-refractivity contribution in [1.29, 1.82) is 0 Å². The molecule has 16 heavy (non-hydrogen) atoms. The van der Waals surface area contributed by atoms with Gasteiger partial charge in [0, 0.05) is 6.54 Å². The molecule has 1 aliphatic rings. The highest BCUT2D eigenvalue weighted by Crippen LogP contribution is 2.22. The van der Waals surface area contributed by atoms with Gasteiger partial charge in [0.15, 0.2) is 6.04 Å². The fourth-order valence-corrected chi connectivity index (χ4v) is 1.75. The van der Waals surface area contributed by atoms with Crippen molar-refractivity contribution < 1.29 is 19.1 Å². The topological polar surface area (TPSA) is 55.8 Å². The predicted octanol–water partition coefficient (Wildman–Crippen LogP) is 0.560. The second-order valence-corrected chi connectivity index (χ2v) is 6.07. The van der Waals surface area contributed by atoms with Crippen LogP contribution in [0.25, 0.3) is 0 Å². The summed E-state index contributed by atoms with van der Waals surface area (Å²) in [5.74, 6) is -0.573. The minimum Gasteiger partial charge on any atom is -0.467 e. The first-order valence-electron chi connectivity index (χ1n) is 5.03. The zero-order chi connectivity index (χ0) is 12.3. The van der Waals surface area contributed by atoms with E-state index in [1.165, 1.54) is 12.0 Å². The summed E-state index contributed by atoms with van der Waals surface area (Å²) in [4.78, 5) is 25.1. The Kier molecular flexibility index (Phi) is 4.32. The molecule has 0 aromatic rings. The van der Waals surface area contributed by atoms with Gasteiger partial charge in [-0.2, -0.15) is 0 Å². The highest BCUT2D eigenvalue weighted by Gasteiger charge is 2.38. The van der Waals surface area contributed by atoms with Crippen molar-refractivity contribution in [2.24, 2.45) is 0 Å². The third-order valence-electron chi connectivity index (χ3n) is 2.37. The van der Waals surface area contributed by atoms with Gasteiger partial charge >= 0.3 is 5.97 Å². The van der Waals surface area contributed by atoms with Crippen molar-refractivity contribution >= 4 is 27.8 Å². The number of morpholine rings is 1. The lowest BCUT2D eigenvalue weighted by Gasteiger charge is -2.36. The molecule has 0 radical (unpaired) electrons. The van der Waals surface area contributed by atoms with Gasteiger partial charge in [-0.3, -0.25) is 4.79 Å². The number of rotatable bonds is 2. The predicted molar refractivity (Wildman–Crippen MR) is 61.3 cm³/mol. The number of esters is 1. The van der Waals surface area contributed by atoms with Gasteiger partial charge in [-0.15, -0.1) is 0 Å². The van der Waals surface area contributed by atoms with Gasteiger partial charge in [0.05, 0.1) is 24.6 Å². The first-order valence-corrected chi connectivity index (χ1v) is 5.82. The van der Waals surface area contributed by atoms with E-state index in [0.29, 0.717) is 13.2 Å². The van der Waals surface area contributed by atoms with Crippen LogP contribution in [0.1, 0.15) is 13.8 Å². The number of halogens is 1. The number of hydrogen-bond donors (Lipinski definition) is 0. The van der Waals surface area contributed by atoms with Gasteiger partial charge in [0.1, 0.15) is 0 Å². The summed E-state index contributed by atoms with van der Waals surface area (Å²) >= 11 is 3.29. The lowest BCUT2D eigenvalue weighted by atomic mass is 10.1. The standard InChI is InChI=1S/C10H16BrNO4/c1-10(2,11)9(14)12-4-5-16-6-7(12)8(13)15-3/h7H,4-6H2,1-3H3. The van der Waals surface area contributed by atoms with Gasteiger partial charge in [0.2, 0.25) is 5.91 Å². The molecule has 1 fully saturated rings. The van der Waals surface area contributed by atoms with Crippen LogP contribution in [0.15, 0.2) is 0 Å². The highest BCUT2D eigenvalue weighted by atomic mass is 79.9. The third kappa shape index (κ3) is 2.95. The number of alkyl halides is 1. The molecular formula is C10H16BrNO4. The maximum atomic E-state index is 12.1. The number of carbonyl (C=O) groups excluding carboxylic acids is 2. The van der Waals surface area contributed by atoms with E-state index in [2.05, 4.69) is 20.7 Å². The van der Waals surface area contributed by atoms with Crippen LogP contribution in [-0.4, -0.2) is 54.0 Å². The van der Waals surface area contributed by atoms with Gasteiger partial charge in [-0.05, 0) is 13.8 Å². The normalized spacial score (nSPS) is 21.8. The van der Waals surface area contributed by atoms with Crippen LogP contribution in [0, 0.1) is 0 Å². The molecule has 1 unspecified atom stereocenters. The van der Waals surface area contributed by atoms with Crippen molar-refractivity contribution in [2.45, 2.75) is 24.2 Å². The molecular weight excluding hydrogens is 278 g/mol. The summed E-state index contributed by atoms with van der Waals surface area (Å²) in [6.07, 6.45) is 0. The zero-order valence-corrected chi connectivity index (χ0v) is 11.2. The maximum absolute atomic E-state index is 12.1. The molecule has 0 spiro atoms. The van der Waals surface area contributed by atoms with Crippen molar-refractivity contribution in [2.75, 3.05) is 26.9 Å². The zero-order valence-electron chi connectivity index (χ0n) is 9.66. The van der Waals surface area contributed by atoms with Crippen LogP contribution in [0.5, 0.6) is 0 Å². The Balaban J connectivity index is 2.82. The lowest BCUT2D eigenvalue weighted by molar-refractivity contribution is -0.161. The molecule has 1 aliphatic heterocycles. The van der Waals surface area contributed by atoms with E-state index in [9.17, 15) is 9.59 Å². The van der Waals surface area contributed by atoms with E-state index in [1.54, 1.807) is 13.8 Å². The Hall–Kier alpha value is -0.620. The fourth-order valence-electron chi connectivity index (χ4n) is 1.52. The van der Waals surface area contributed by atoms with E-state index >= 15 is 0 Å². The van der Waals surface area contributed by atoms with E-state index in [-0.39, 0.29) is 12.5 Å². The first-order chi connectivity index (χ1) is 7.38. The number of carbonyl (C=O) groups is 2. The summed E-state index contributed by atoms with van der Waals surface area (Å²) in [6, 6.07) is -0.636. The molecule has 0 aromatic heterocycles. The number of amides is 1. The summed E-state index contributed by atoms with van der Waals surface area (Å²) in [5.41, 5.74) is 0. The number of hydrogen-bond acceptors (Lipinski definition) is 4. The Labute approximate surface area is 103 Å². The number of nitrogens with zero attached hydrogens (tertiary/aromatic N) is 1. The maximum Gasteiger partial charge on any atom is 0.331 e. The SMILES string of the molecule is COC(=O)C1COCCN1C(=O)C(C)(C)Br. The second-order valence-electron chi connectivity index (χ2n) is 4.08. The summed E-state index contributed by atoms with van der Waals surface area (Å²) < 4.78 is 9.16. The van der Waals surface area contributed by atoms with Gasteiger partial charge in [-0.25, -0.2) is 4.79 Å². The average Bonchev–Trinajstić information content (AvgIpc) is 2.25. The smallest absolute Gasteiger partial charge is 0.331 e. The Morgan fingerprint density at radius 3 is 2.62 bits per heavy atom. The van der Waals surface area contributed by atoms with Crippen molar-refractivity contribution in [3.63, 3.8) is 0 Å². The van der Waals surface area contributed by atoms with E-state index in [4.69, 9.17) is 4.74 Å². The minimum atomic E-state index is -0.684. The molecule has 1 amide bonds. The molecule has 0 aliphatic carbocycles. The Bertz CT molecular complexity index is 287. The summed E-state index contributed by atoms with van der Waals surface area (Å²) in [7, 11) is 1.30. The van der Waals surface area contributed by atoms with Crippen LogP contribution >= 0.6 is 15.9 Å². The molecule has 5 nitrogen and oxygen atoms in total. The largest absolute Gasteiger partial charge is 0.467 e. The number of methoxy groups -OCH3 is 1. The molecule has 6 heteroatoms. The summed E-state index contributed by atoms with van der Waals surface area (Å²) in [5, 5.41) is 0.